The molecule has 0 bridgehead atoms. The van der Waals surface area contributed by atoms with Gasteiger partial charge in [0.2, 0.25) is 11.8 Å². The first kappa shape index (κ1) is 30.0. The topological polar surface area (TPSA) is 182 Å². The van der Waals surface area contributed by atoms with Crippen LogP contribution in [0.25, 0.3) is 0 Å². The Morgan fingerprint density at radius 3 is 2.15 bits per heavy atom. The fourth-order valence-corrected chi connectivity index (χ4v) is 4.58. The molecule has 2 amide bonds. The van der Waals surface area contributed by atoms with Gasteiger partial charge in [0.1, 0.15) is 0 Å². The quantitative estimate of drug-likeness (QED) is 0.242. The van der Waals surface area contributed by atoms with E-state index in [1.165, 1.54) is 14.2 Å². The number of phosphoric acid groups is 1. The summed E-state index contributed by atoms with van der Waals surface area (Å²) >= 11 is 0. The number of nitrogens with two attached hydrogens (primary N) is 1. The van der Waals surface area contributed by atoms with Crippen molar-refractivity contribution >= 4 is 31.6 Å². The fraction of sp³-hybridized carbons (Fsp3) is 0.800. The molecule has 14 heteroatoms. The van der Waals surface area contributed by atoms with Gasteiger partial charge in [0, 0.05) is 23.9 Å². The Labute approximate surface area is 199 Å². The first-order valence-electron chi connectivity index (χ1n) is 10.7. The molecule has 0 aromatic carbocycles. The van der Waals surface area contributed by atoms with Crippen LogP contribution in [-0.2, 0) is 46.8 Å². The summed E-state index contributed by atoms with van der Waals surface area (Å²) in [7, 11) is -1.69. The van der Waals surface area contributed by atoms with Crippen molar-refractivity contribution in [3.63, 3.8) is 0 Å². The third kappa shape index (κ3) is 8.95. The average Bonchev–Trinajstić information content (AvgIpc) is 2.78. The summed E-state index contributed by atoms with van der Waals surface area (Å²) in [6, 6.07) is -1.07. The molecule has 1 saturated heterocycles. The van der Waals surface area contributed by atoms with E-state index in [0.29, 0.717) is 0 Å². The minimum absolute atomic E-state index is 0.0123. The molecule has 1 fully saturated rings. The number of carbonyl (C=O) groups is 4. The first-order valence-corrected chi connectivity index (χ1v) is 12.2. The Hall–Kier alpha value is -2.05. The number of nitrogens with one attached hydrogen (secondary N) is 2. The smallest absolute Gasteiger partial charge is 0.469 e. The van der Waals surface area contributed by atoms with Crippen molar-refractivity contribution in [2.75, 3.05) is 40.5 Å². The Bertz CT molecular complexity index is 801. The van der Waals surface area contributed by atoms with Crippen LogP contribution in [0.5, 0.6) is 0 Å². The van der Waals surface area contributed by atoms with Crippen molar-refractivity contribution in [2.45, 2.75) is 52.7 Å². The van der Waals surface area contributed by atoms with E-state index in [4.69, 9.17) is 19.3 Å². The van der Waals surface area contributed by atoms with Gasteiger partial charge in [-0.2, -0.15) is 0 Å². The third-order valence-electron chi connectivity index (χ3n) is 5.21. The van der Waals surface area contributed by atoms with Gasteiger partial charge in [-0.15, -0.1) is 0 Å². The molecule has 3 atom stereocenters. The Balaban J connectivity index is 2.71. The van der Waals surface area contributed by atoms with Crippen LogP contribution in [0.15, 0.2) is 0 Å². The molecule has 13 nitrogen and oxygen atoms in total. The highest BCUT2D eigenvalue weighted by atomic mass is 31.2. The maximum Gasteiger partial charge on any atom is 0.475 e. The van der Waals surface area contributed by atoms with Crippen LogP contribution < -0.4 is 16.4 Å². The number of amides is 2. The standard InChI is InChI=1S/C20H36N3O10P/c1-19(2,15(21)17(26)22-9-7-13(24)29-5)11-31-34(28)32-12-20(3,4)16(33-34)18(27)23-10-8-14(25)30-6/h15-16H,7-12,21H2,1-6H3,(H,22,26)(H,23,27)/t15-,16-,34?/m0/s1. The number of phosphoric ester groups is 1. The van der Waals surface area contributed by atoms with Crippen LogP contribution in [-0.4, -0.2) is 76.4 Å². The van der Waals surface area contributed by atoms with Gasteiger partial charge in [0.15, 0.2) is 6.10 Å². The molecule has 1 heterocycles. The van der Waals surface area contributed by atoms with E-state index in [-0.39, 0.29) is 39.1 Å². The second-order valence-electron chi connectivity index (χ2n) is 9.17. The average molecular weight is 509 g/mol. The molecular formula is C20H36N3O10P. The highest BCUT2D eigenvalue weighted by Crippen LogP contribution is 2.57. The number of ether oxygens (including phenoxy) is 2. The number of methoxy groups -OCH3 is 2. The predicted molar refractivity (Wildman–Crippen MR) is 119 cm³/mol. The van der Waals surface area contributed by atoms with Gasteiger partial charge >= 0.3 is 19.8 Å². The molecule has 0 aromatic heterocycles. The number of esters is 2. The molecule has 4 N–H and O–H groups in total. The van der Waals surface area contributed by atoms with Crippen molar-refractivity contribution in [3.8, 4) is 0 Å². The van der Waals surface area contributed by atoms with Gasteiger partial charge in [-0.25, -0.2) is 4.57 Å². The molecule has 0 radical (unpaired) electrons. The van der Waals surface area contributed by atoms with E-state index in [1.54, 1.807) is 27.7 Å². The van der Waals surface area contributed by atoms with Gasteiger partial charge in [-0.05, 0) is 0 Å². The van der Waals surface area contributed by atoms with E-state index in [2.05, 4.69) is 20.1 Å². The van der Waals surface area contributed by atoms with Gasteiger partial charge in [-0.1, -0.05) is 27.7 Å². The molecule has 0 aliphatic carbocycles. The summed E-state index contributed by atoms with van der Waals surface area (Å²) < 4.78 is 38.3. The van der Waals surface area contributed by atoms with Gasteiger partial charge in [-0.3, -0.25) is 32.7 Å². The third-order valence-corrected chi connectivity index (χ3v) is 6.57. The molecule has 0 saturated carbocycles. The SMILES string of the molecule is COC(=O)CCNC(=O)[C@H](N)C(C)(C)COP1(=O)OCC(C)(C)[C@H](C(=O)NCCC(=O)OC)O1. The van der Waals surface area contributed by atoms with Crippen LogP contribution in [0, 0.1) is 10.8 Å². The molecule has 0 aromatic rings. The van der Waals surface area contributed by atoms with Crippen LogP contribution in [0.4, 0.5) is 0 Å². The minimum atomic E-state index is -4.17. The molecule has 1 unspecified atom stereocenters. The zero-order valence-electron chi connectivity index (χ0n) is 20.5. The van der Waals surface area contributed by atoms with Gasteiger partial charge in [0.05, 0.1) is 46.3 Å². The molecule has 196 valence electrons. The highest BCUT2D eigenvalue weighted by molar-refractivity contribution is 7.48. The van der Waals surface area contributed by atoms with Crippen molar-refractivity contribution < 1.29 is 46.8 Å². The van der Waals surface area contributed by atoms with Crippen LogP contribution in [0.1, 0.15) is 40.5 Å². The predicted octanol–water partition coefficient (Wildman–Crippen LogP) is 0.265. The Kier molecular flexibility index (Phi) is 11.1. The lowest BCUT2D eigenvalue weighted by molar-refractivity contribution is -0.143. The molecule has 34 heavy (non-hydrogen) atoms. The monoisotopic (exact) mass is 509 g/mol. The number of hydrogen-bond donors (Lipinski definition) is 3. The maximum absolute atomic E-state index is 13.1. The highest BCUT2D eigenvalue weighted by Gasteiger charge is 2.50. The lowest BCUT2D eigenvalue weighted by Gasteiger charge is -2.40. The van der Waals surface area contributed by atoms with Crippen LogP contribution >= 0.6 is 7.82 Å². The summed E-state index contributed by atoms with van der Waals surface area (Å²) in [5.41, 5.74) is 4.19. The van der Waals surface area contributed by atoms with E-state index in [0.717, 1.165) is 0 Å². The summed E-state index contributed by atoms with van der Waals surface area (Å²) in [6.45, 7) is 6.30. The van der Waals surface area contributed by atoms with Crippen LogP contribution in [0.2, 0.25) is 0 Å². The van der Waals surface area contributed by atoms with Crippen molar-refractivity contribution in [1.29, 1.82) is 0 Å². The van der Waals surface area contributed by atoms with E-state index >= 15 is 0 Å². The normalized spacial score (nSPS) is 22.9. The van der Waals surface area contributed by atoms with E-state index in [1.807, 2.05) is 0 Å². The summed E-state index contributed by atoms with van der Waals surface area (Å²) in [5.74, 6) is -2.09. The van der Waals surface area contributed by atoms with Gasteiger partial charge in [0.25, 0.3) is 0 Å². The Morgan fingerprint density at radius 2 is 1.62 bits per heavy atom. The summed E-state index contributed by atoms with van der Waals surface area (Å²) in [5, 5.41) is 5.07. The fourth-order valence-electron chi connectivity index (χ4n) is 2.77. The van der Waals surface area contributed by atoms with E-state index in [9.17, 15) is 23.7 Å². The zero-order valence-corrected chi connectivity index (χ0v) is 21.4. The molecule has 1 rings (SSSR count). The number of rotatable bonds is 12. The van der Waals surface area contributed by atoms with Crippen molar-refractivity contribution in [2.24, 2.45) is 16.6 Å². The lowest BCUT2D eigenvalue weighted by Crippen LogP contribution is -2.52. The molecular weight excluding hydrogens is 473 g/mol. The second-order valence-corrected chi connectivity index (χ2v) is 10.8. The van der Waals surface area contributed by atoms with E-state index < -0.39 is 54.6 Å². The Morgan fingerprint density at radius 1 is 1.09 bits per heavy atom. The van der Waals surface area contributed by atoms with Crippen molar-refractivity contribution in [1.82, 2.24) is 10.6 Å². The lowest BCUT2D eigenvalue weighted by atomic mass is 9.85. The summed E-state index contributed by atoms with van der Waals surface area (Å²) in [6.07, 6.45) is -1.22. The first-order chi connectivity index (χ1) is 15.7. The second kappa shape index (κ2) is 12.6. The number of hydrogen-bond acceptors (Lipinski definition) is 11. The number of carbonyl (C=O) groups excluding carboxylic acids is 4. The largest absolute Gasteiger partial charge is 0.475 e. The molecule has 0 spiro atoms. The molecule has 1 aliphatic rings. The zero-order chi connectivity index (χ0) is 26.2. The summed E-state index contributed by atoms with van der Waals surface area (Å²) in [4.78, 5) is 47.3. The van der Waals surface area contributed by atoms with Gasteiger partial charge < -0.3 is 25.8 Å². The maximum atomic E-state index is 13.1. The van der Waals surface area contributed by atoms with Crippen LogP contribution in [0.3, 0.4) is 0 Å². The molecule has 1 aliphatic heterocycles. The van der Waals surface area contributed by atoms with Crippen molar-refractivity contribution in [3.05, 3.63) is 0 Å². The minimum Gasteiger partial charge on any atom is -0.469 e.